The smallest absolute Gasteiger partial charge is 0.128 e. The summed E-state index contributed by atoms with van der Waals surface area (Å²) in [4.78, 5) is 2.03. The summed E-state index contributed by atoms with van der Waals surface area (Å²) >= 11 is 0. The van der Waals surface area contributed by atoms with Crippen molar-refractivity contribution in [3.8, 4) is 0 Å². The molecule has 0 spiro atoms. The first kappa shape index (κ1) is 16.1. The summed E-state index contributed by atoms with van der Waals surface area (Å²) in [7, 11) is 1.91. The first-order valence-corrected chi connectivity index (χ1v) is 6.73. The maximum absolute atomic E-state index is 13.8. The van der Waals surface area contributed by atoms with E-state index in [0.717, 1.165) is 18.6 Å². The molecule has 4 heteroatoms. The molecule has 19 heavy (non-hydrogen) atoms. The second-order valence-electron chi connectivity index (χ2n) is 5.56. The highest BCUT2D eigenvalue weighted by atomic mass is 19.1. The van der Waals surface area contributed by atoms with E-state index in [1.165, 1.54) is 6.07 Å². The number of likely N-dealkylation sites (N-methyl/N-ethyl adjacent to an activating group) is 1. The molecule has 1 aromatic carbocycles. The van der Waals surface area contributed by atoms with Gasteiger partial charge >= 0.3 is 0 Å². The Morgan fingerprint density at radius 3 is 2.37 bits per heavy atom. The van der Waals surface area contributed by atoms with Crippen LogP contribution in [0.2, 0.25) is 0 Å². The molecule has 0 bridgehead atoms. The fourth-order valence-corrected chi connectivity index (χ4v) is 2.44. The quantitative estimate of drug-likeness (QED) is 0.859. The Hall–Kier alpha value is -1.00. The van der Waals surface area contributed by atoms with E-state index >= 15 is 0 Å². The van der Waals surface area contributed by atoms with Crippen LogP contribution in [-0.2, 0) is 0 Å². The van der Waals surface area contributed by atoms with Crippen molar-refractivity contribution in [2.75, 3.05) is 13.6 Å². The normalized spacial score (nSPS) is 15.0. The zero-order chi connectivity index (χ0) is 14.6. The van der Waals surface area contributed by atoms with Gasteiger partial charge in [0.15, 0.2) is 0 Å². The molecular weight excluding hydrogens is 246 g/mol. The SMILES string of the molecule is CC(C)CC(C)N(C)C(CN)c1cc(F)ccc1F. The van der Waals surface area contributed by atoms with Crippen LogP contribution in [0.1, 0.15) is 38.8 Å². The predicted molar refractivity (Wildman–Crippen MR) is 74.8 cm³/mol. The number of nitrogens with two attached hydrogens (primary N) is 1. The van der Waals surface area contributed by atoms with Crippen molar-refractivity contribution in [1.29, 1.82) is 0 Å². The van der Waals surface area contributed by atoms with Crippen LogP contribution in [0.4, 0.5) is 8.78 Å². The van der Waals surface area contributed by atoms with Crippen molar-refractivity contribution < 1.29 is 8.78 Å². The van der Waals surface area contributed by atoms with Crippen molar-refractivity contribution in [3.05, 3.63) is 35.4 Å². The summed E-state index contributed by atoms with van der Waals surface area (Å²) in [6.07, 6.45) is 0.990. The Kier molecular flexibility index (Phi) is 5.88. The molecule has 0 fully saturated rings. The molecule has 108 valence electrons. The van der Waals surface area contributed by atoms with Crippen molar-refractivity contribution in [1.82, 2.24) is 4.90 Å². The first-order valence-electron chi connectivity index (χ1n) is 6.73. The molecule has 1 aromatic rings. The molecule has 2 nitrogen and oxygen atoms in total. The maximum atomic E-state index is 13.8. The van der Waals surface area contributed by atoms with E-state index in [-0.39, 0.29) is 18.6 Å². The molecular formula is C15H24F2N2. The lowest BCUT2D eigenvalue weighted by Crippen LogP contribution is -2.38. The molecule has 0 amide bonds. The minimum atomic E-state index is -0.431. The standard InChI is InChI=1S/C15H24F2N2/c1-10(2)7-11(3)19(4)15(9-18)13-8-12(16)5-6-14(13)17/h5-6,8,10-11,15H,7,9,18H2,1-4H3. The van der Waals surface area contributed by atoms with E-state index in [4.69, 9.17) is 5.73 Å². The zero-order valence-electron chi connectivity index (χ0n) is 12.2. The van der Waals surface area contributed by atoms with E-state index in [1.807, 2.05) is 11.9 Å². The van der Waals surface area contributed by atoms with Gasteiger partial charge in [0, 0.05) is 24.2 Å². The van der Waals surface area contributed by atoms with Gasteiger partial charge in [0.25, 0.3) is 0 Å². The highest BCUT2D eigenvalue weighted by molar-refractivity contribution is 5.23. The van der Waals surface area contributed by atoms with Crippen LogP contribution in [0.5, 0.6) is 0 Å². The van der Waals surface area contributed by atoms with Crippen LogP contribution in [0.15, 0.2) is 18.2 Å². The molecule has 0 aliphatic carbocycles. The van der Waals surface area contributed by atoms with E-state index in [2.05, 4.69) is 20.8 Å². The van der Waals surface area contributed by atoms with Crippen LogP contribution in [0, 0.1) is 17.6 Å². The van der Waals surface area contributed by atoms with Gasteiger partial charge < -0.3 is 5.73 Å². The monoisotopic (exact) mass is 270 g/mol. The second kappa shape index (κ2) is 6.96. The fraction of sp³-hybridized carbons (Fsp3) is 0.600. The Morgan fingerprint density at radius 2 is 1.84 bits per heavy atom. The van der Waals surface area contributed by atoms with Gasteiger partial charge in [0.2, 0.25) is 0 Å². The van der Waals surface area contributed by atoms with Crippen molar-refractivity contribution in [2.45, 2.75) is 39.3 Å². The van der Waals surface area contributed by atoms with E-state index in [0.29, 0.717) is 11.5 Å². The topological polar surface area (TPSA) is 29.3 Å². The summed E-state index contributed by atoms with van der Waals surface area (Å²) in [5.41, 5.74) is 6.10. The van der Waals surface area contributed by atoms with Gasteiger partial charge in [-0.15, -0.1) is 0 Å². The molecule has 0 aromatic heterocycles. The van der Waals surface area contributed by atoms with Crippen molar-refractivity contribution >= 4 is 0 Å². The van der Waals surface area contributed by atoms with Crippen molar-refractivity contribution in [2.24, 2.45) is 11.7 Å². The lowest BCUT2D eigenvalue weighted by molar-refractivity contribution is 0.165. The third-order valence-corrected chi connectivity index (χ3v) is 3.54. The number of hydrogen-bond acceptors (Lipinski definition) is 2. The van der Waals surface area contributed by atoms with Crippen LogP contribution in [-0.4, -0.2) is 24.5 Å². The number of nitrogens with zero attached hydrogens (tertiary/aromatic N) is 1. The number of hydrogen-bond donors (Lipinski definition) is 1. The van der Waals surface area contributed by atoms with E-state index in [1.54, 1.807) is 0 Å². The van der Waals surface area contributed by atoms with Gasteiger partial charge in [0.1, 0.15) is 11.6 Å². The third kappa shape index (κ3) is 4.25. The molecule has 0 saturated heterocycles. The highest BCUT2D eigenvalue weighted by Crippen LogP contribution is 2.25. The van der Waals surface area contributed by atoms with Gasteiger partial charge in [-0.2, -0.15) is 0 Å². The molecule has 0 radical (unpaired) electrons. The summed E-state index contributed by atoms with van der Waals surface area (Å²) < 4.78 is 27.1. The molecule has 1 rings (SSSR count). The molecule has 2 N–H and O–H groups in total. The van der Waals surface area contributed by atoms with Crippen LogP contribution in [0.25, 0.3) is 0 Å². The lowest BCUT2D eigenvalue weighted by atomic mass is 9.99. The summed E-state index contributed by atoms with van der Waals surface area (Å²) in [6, 6.07) is 3.49. The number of rotatable bonds is 6. The number of halogens is 2. The fourth-order valence-electron chi connectivity index (χ4n) is 2.44. The second-order valence-corrected chi connectivity index (χ2v) is 5.56. The molecule has 2 atom stereocenters. The van der Waals surface area contributed by atoms with Crippen molar-refractivity contribution in [3.63, 3.8) is 0 Å². The van der Waals surface area contributed by atoms with Crippen LogP contribution in [0.3, 0.4) is 0 Å². The molecule has 0 saturated carbocycles. The molecule has 0 heterocycles. The largest absolute Gasteiger partial charge is 0.329 e. The average Bonchev–Trinajstić information content (AvgIpc) is 2.33. The van der Waals surface area contributed by atoms with Crippen LogP contribution < -0.4 is 5.73 Å². The van der Waals surface area contributed by atoms with Gasteiger partial charge in [-0.25, -0.2) is 8.78 Å². The lowest BCUT2D eigenvalue weighted by Gasteiger charge is -2.33. The minimum Gasteiger partial charge on any atom is -0.329 e. The highest BCUT2D eigenvalue weighted by Gasteiger charge is 2.23. The minimum absolute atomic E-state index is 0.260. The Morgan fingerprint density at radius 1 is 1.21 bits per heavy atom. The Bertz CT molecular complexity index is 407. The van der Waals surface area contributed by atoms with Crippen LogP contribution >= 0.6 is 0 Å². The summed E-state index contributed by atoms with van der Waals surface area (Å²) in [5, 5.41) is 0. The first-order chi connectivity index (χ1) is 8.86. The van der Waals surface area contributed by atoms with Gasteiger partial charge in [-0.3, -0.25) is 4.90 Å². The van der Waals surface area contributed by atoms with Gasteiger partial charge in [-0.05, 0) is 44.5 Å². The average molecular weight is 270 g/mol. The van der Waals surface area contributed by atoms with E-state index < -0.39 is 11.6 Å². The third-order valence-electron chi connectivity index (χ3n) is 3.54. The Balaban J connectivity index is 2.96. The van der Waals surface area contributed by atoms with Gasteiger partial charge in [-0.1, -0.05) is 13.8 Å². The maximum Gasteiger partial charge on any atom is 0.128 e. The van der Waals surface area contributed by atoms with Gasteiger partial charge in [0.05, 0.1) is 0 Å². The van der Waals surface area contributed by atoms with E-state index in [9.17, 15) is 8.78 Å². The summed E-state index contributed by atoms with van der Waals surface area (Å²) in [5.74, 6) is -0.284. The zero-order valence-corrected chi connectivity index (χ0v) is 12.2. The molecule has 0 aliphatic rings. The molecule has 2 unspecified atom stereocenters. The molecule has 0 aliphatic heterocycles. The Labute approximate surface area is 114 Å². The predicted octanol–water partition coefficient (Wildman–Crippen LogP) is 3.33. The summed E-state index contributed by atoms with van der Waals surface area (Å²) in [6.45, 7) is 6.63. The number of benzene rings is 1.